The lowest BCUT2D eigenvalue weighted by molar-refractivity contribution is -0.128. The molecule has 0 unspecified atom stereocenters. The number of carbonyl (C=O) groups excluding carboxylic acids is 1. The summed E-state index contributed by atoms with van der Waals surface area (Å²) < 4.78 is 0. The van der Waals surface area contributed by atoms with E-state index in [-0.39, 0.29) is 17.9 Å². The zero-order chi connectivity index (χ0) is 21.5. The smallest absolute Gasteiger partial charge is 0.222 e. The van der Waals surface area contributed by atoms with Gasteiger partial charge < -0.3 is 10.0 Å². The monoisotopic (exact) mass is 407 g/mol. The topological polar surface area (TPSA) is 40.5 Å². The summed E-state index contributed by atoms with van der Waals surface area (Å²) in [6, 6.07) is 8.71. The molecule has 0 aliphatic heterocycles. The summed E-state index contributed by atoms with van der Waals surface area (Å²) in [6.07, 6.45) is 17.6. The Hall–Kier alpha value is -2.13. The number of nitrogens with zero attached hydrogens (tertiary/aromatic N) is 1. The molecule has 0 aromatic heterocycles. The van der Waals surface area contributed by atoms with Crippen LogP contribution < -0.4 is 0 Å². The van der Waals surface area contributed by atoms with Gasteiger partial charge in [0.25, 0.3) is 0 Å². The van der Waals surface area contributed by atoms with E-state index in [2.05, 4.69) is 61.6 Å². The van der Waals surface area contributed by atoms with Gasteiger partial charge in [0.15, 0.2) is 0 Å². The number of benzene rings is 1. The summed E-state index contributed by atoms with van der Waals surface area (Å²) in [7, 11) is 3.62. The highest BCUT2D eigenvalue weighted by Crippen LogP contribution is 2.47. The molecular weight excluding hydrogens is 370 g/mol. The Labute approximate surface area is 182 Å². The van der Waals surface area contributed by atoms with Crippen LogP contribution in [0.5, 0.6) is 0 Å². The van der Waals surface area contributed by atoms with E-state index in [0.29, 0.717) is 18.3 Å². The molecule has 1 aromatic rings. The third-order valence-electron chi connectivity index (χ3n) is 6.53. The molecule has 1 saturated carbocycles. The van der Waals surface area contributed by atoms with Crippen molar-refractivity contribution in [3.63, 3.8) is 0 Å². The quantitative estimate of drug-likeness (QED) is 0.449. The third kappa shape index (κ3) is 6.18. The van der Waals surface area contributed by atoms with Crippen molar-refractivity contribution >= 4 is 5.91 Å². The molecule has 1 amide bonds. The fourth-order valence-corrected chi connectivity index (χ4v) is 4.87. The molecule has 4 atom stereocenters. The number of amides is 1. The van der Waals surface area contributed by atoms with Gasteiger partial charge in [-0.1, -0.05) is 65.8 Å². The van der Waals surface area contributed by atoms with Crippen molar-refractivity contribution < 1.29 is 9.90 Å². The summed E-state index contributed by atoms with van der Waals surface area (Å²) in [5.74, 6) is 1.50. The molecule has 1 aromatic carbocycles. The number of rotatable bonds is 9. The largest absolute Gasteiger partial charge is 0.392 e. The predicted octanol–water partition coefficient (Wildman–Crippen LogP) is 5.24. The summed E-state index contributed by atoms with van der Waals surface area (Å²) in [4.78, 5) is 13.3. The van der Waals surface area contributed by atoms with Crippen LogP contribution in [0.1, 0.15) is 49.7 Å². The van der Waals surface area contributed by atoms with Crippen LogP contribution in [0.3, 0.4) is 0 Å². The van der Waals surface area contributed by atoms with Gasteiger partial charge in [0.1, 0.15) is 0 Å². The summed E-state index contributed by atoms with van der Waals surface area (Å²) >= 11 is 0. The van der Waals surface area contributed by atoms with Crippen molar-refractivity contribution in [1.82, 2.24) is 4.90 Å². The Morgan fingerprint density at radius 3 is 2.83 bits per heavy atom. The van der Waals surface area contributed by atoms with Crippen LogP contribution in [0.25, 0.3) is 0 Å². The summed E-state index contributed by atoms with van der Waals surface area (Å²) in [5.41, 5.74) is 4.09. The van der Waals surface area contributed by atoms with Gasteiger partial charge in [0.2, 0.25) is 5.91 Å². The minimum Gasteiger partial charge on any atom is -0.392 e. The Balaban J connectivity index is 1.44. The van der Waals surface area contributed by atoms with Gasteiger partial charge in [-0.2, -0.15) is 0 Å². The van der Waals surface area contributed by atoms with Gasteiger partial charge in [-0.05, 0) is 62.8 Å². The van der Waals surface area contributed by atoms with Gasteiger partial charge in [-0.3, -0.25) is 4.79 Å². The van der Waals surface area contributed by atoms with Crippen LogP contribution in [-0.2, 0) is 11.2 Å². The first-order valence-electron chi connectivity index (χ1n) is 11.4. The van der Waals surface area contributed by atoms with E-state index >= 15 is 0 Å². The number of aliphatic hydroxyl groups excluding tert-OH is 1. The third-order valence-corrected chi connectivity index (χ3v) is 6.53. The summed E-state index contributed by atoms with van der Waals surface area (Å²) in [5, 5.41) is 10.5. The molecule has 0 spiro atoms. The minimum absolute atomic E-state index is 0.198. The van der Waals surface area contributed by atoms with E-state index in [1.807, 2.05) is 14.1 Å². The van der Waals surface area contributed by atoms with Gasteiger partial charge >= 0.3 is 0 Å². The lowest BCUT2D eigenvalue weighted by atomic mass is 9.89. The molecule has 0 heterocycles. The number of fused-ring (bicyclic) bond motifs is 1. The zero-order valence-electron chi connectivity index (χ0n) is 18.8. The van der Waals surface area contributed by atoms with Crippen molar-refractivity contribution in [1.29, 1.82) is 0 Å². The molecule has 3 nitrogen and oxygen atoms in total. The van der Waals surface area contributed by atoms with Crippen LogP contribution in [0.4, 0.5) is 0 Å². The number of hydrogen-bond acceptors (Lipinski definition) is 2. The molecule has 2 aliphatic rings. The zero-order valence-corrected chi connectivity index (χ0v) is 18.8. The molecule has 0 radical (unpaired) electrons. The van der Waals surface area contributed by atoms with Gasteiger partial charge in [0, 0.05) is 26.4 Å². The number of hydrogen-bond donors (Lipinski definition) is 1. The average molecular weight is 408 g/mol. The van der Waals surface area contributed by atoms with E-state index in [4.69, 9.17) is 0 Å². The number of aliphatic hydroxyl groups is 1. The fourth-order valence-electron chi connectivity index (χ4n) is 4.87. The maximum absolute atomic E-state index is 11.6. The Morgan fingerprint density at radius 2 is 2.07 bits per heavy atom. The van der Waals surface area contributed by atoms with Crippen molar-refractivity contribution in [3.8, 4) is 0 Å². The predicted molar refractivity (Wildman–Crippen MR) is 124 cm³/mol. The Kier molecular flexibility index (Phi) is 8.09. The van der Waals surface area contributed by atoms with Crippen LogP contribution in [0.2, 0.25) is 0 Å². The van der Waals surface area contributed by atoms with Gasteiger partial charge in [0.05, 0.1) is 6.10 Å². The van der Waals surface area contributed by atoms with Crippen LogP contribution in [0.15, 0.2) is 60.2 Å². The second kappa shape index (κ2) is 10.8. The van der Waals surface area contributed by atoms with Gasteiger partial charge in [-0.25, -0.2) is 0 Å². The Bertz CT molecular complexity index is 805. The number of carbonyl (C=O) groups is 1. The van der Waals surface area contributed by atoms with E-state index < -0.39 is 0 Å². The lowest BCUT2D eigenvalue weighted by Crippen LogP contribution is -2.20. The second-order valence-corrected chi connectivity index (χ2v) is 9.19. The van der Waals surface area contributed by atoms with E-state index in [9.17, 15) is 9.90 Å². The maximum Gasteiger partial charge on any atom is 0.222 e. The molecule has 0 saturated heterocycles. The van der Waals surface area contributed by atoms with Crippen LogP contribution >= 0.6 is 0 Å². The minimum atomic E-state index is -0.214. The molecule has 1 fully saturated rings. The van der Waals surface area contributed by atoms with E-state index in [0.717, 1.165) is 38.5 Å². The van der Waals surface area contributed by atoms with Crippen molar-refractivity contribution in [3.05, 3.63) is 71.3 Å². The molecule has 162 valence electrons. The fraction of sp³-hybridized carbons (Fsp3) is 0.519. The molecule has 2 aliphatic carbocycles. The maximum atomic E-state index is 11.6. The number of allylic oxidation sites excluding steroid dienone is 5. The van der Waals surface area contributed by atoms with Crippen molar-refractivity contribution in [2.75, 3.05) is 14.1 Å². The van der Waals surface area contributed by atoms with E-state index in [1.54, 1.807) is 4.90 Å². The van der Waals surface area contributed by atoms with Crippen LogP contribution in [-0.4, -0.2) is 36.1 Å². The molecule has 1 N–H and O–H groups in total. The van der Waals surface area contributed by atoms with Crippen molar-refractivity contribution in [2.24, 2.45) is 17.8 Å². The molecule has 3 heteroatoms. The van der Waals surface area contributed by atoms with Crippen molar-refractivity contribution in [2.45, 2.75) is 58.0 Å². The highest BCUT2D eigenvalue weighted by Gasteiger charge is 2.42. The first-order chi connectivity index (χ1) is 14.4. The Morgan fingerprint density at radius 1 is 1.23 bits per heavy atom. The first-order valence-corrected chi connectivity index (χ1v) is 11.4. The molecule has 30 heavy (non-hydrogen) atoms. The standard InChI is InChI=1S/C27H37NO2/c1-20-10-9-13-21(16-20)11-7-8-14-24-25-18-22(17-23(25)19-26(24)29)12-5-4-6-15-27(30)28(2)3/h5,8-10,12-14,16-17,23-26,29H,4,6-7,11,15,18-19H2,1-3H3/t23-,24+,25-,26+/m0/s1. The van der Waals surface area contributed by atoms with Gasteiger partial charge in [-0.15, -0.1) is 0 Å². The summed E-state index contributed by atoms with van der Waals surface area (Å²) in [6.45, 7) is 2.14. The lowest BCUT2D eigenvalue weighted by Gasteiger charge is -2.17. The SMILES string of the molecule is Cc1cccc(CCC=C[C@@H]2[C@H]3CC(C=CCCCC(=O)N(C)C)=C[C@H]3C[C@H]2O)c1. The number of aryl methyl sites for hydroxylation is 2. The molecule has 0 bridgehead atoms. The highest BCUT2D eigenvalue weighted by atomic mass is 16.3. The average Bonchev–Trinajstić information content (AvgIpc) is 3.21. The molecule has 3 rings (SSSR count). The highest BCUT2D eigenvalue weighted by molar-refractivity contribution is 5.75. The number of unbranched alkanes of at least 4 members (excludes halogenated alkanes) is 1. The van der Waals surface area contributed by atoms with E-state index in [1.165, 1.54) is 16.7 Å². The second-order valence-electron chi connectivity index (χ2n) is 9.19. The normalized spacial score (nSPS) is 25.8. The first kappa shape index (κ1) is 22.6. The van der Waals surface area contributed by atoms with Crippen LogP contribution in [0, 0.1) is 24.7 Å². The molecular formula is C27H37NO2.